The smallest absolute Gasteiger partial charge is 0.330 e. The topological polar surface area (TPSA) is 78.9 Å². The van der Waals surface area contributed by atoms with Crippen molar-refractivity contribution in [3.8, 4) is 0 Å². The van der Waals surface area contributed by atoms with Gasteiger partial charge in [-0.05, 0) is 18.8 Å². The molecule has 2 bridgehead atoms. The zero-order chi connectivity index (χ0) is 16.3. The third-order valence-electron chi connectivity index (χ3n) is 4.42. The number of fused-ring (bicyclic) bond motifs is 2. The number of hydrogen-bond acceptors (Lipinski definition) is 6. The SMILES string of the molecule is C=CC(=O)OCCCC(=O)OC1C(C)CC2C(=O)OC1C2C. The first kappa shape index (κ1) is 16.5. The molecule has 0 aromatic rings. The molecule has 1 aliphatic heterocycles. The molecule has 0 N–H and O–H groups in total. The first-order chi connectivity index (χ1) is 10.4. The molecule has 0 aromatic carbocycles. The lowest BCUT2D eigenvalue weighted by Gasteiger charge is -2.35. The van der Waals surface area contributed by atoms with Crippen LogP contribution in [0, 0.1) is 17.8 Å². The minimum absolute atomic E-state index is 0.0757. The van der Waals surface area contributed by atoms with E-state index in [0.717, 1.165) is 6.08 Å². The predicted octanol–water partition coefficient (Wildman–Crippen LogP) is 1.63. The van der Waals surface area contributed by atoms with Crippen LogP contribution in [-0.2, 0) is 28.6 Å². The monoisotopic (exact) mass is 310 g/mol. The minimum atomic E-state index is -0.507. The van der Waals surface area contributed by atoms with Crippen molar-refractivity contribution in [3.63, 3.8) is 0 Å². The fraction of sp³-hybridized carbons (Fsp3) is 0.688. The molecule has 22 heavy (non-hydrogen) atoms. The zero-order valence-corrected chi connectivity index (χ0v) is 12.9. The summed E-state index contributed by atoms with van der Waals surface area (Å²) in [4.78, 5) is 34.5. The third kappa shape index (κ3) is 3.48. The van der Waals surface area contributed by atoms with Gasteiger partial charge in [0.05, 0.1) is 12.5 Å². The van der Waals surface area contributed by atoms with Gasteiger partial charge in [0.25, 0.3) is 0 Å². The normalized spacial score (nSPS) is 33.0. The van der Waals surface area contributed by atoms with Crippen LogP contribution in [0.4, 0.5) is 0 Å². The molecular weight excluding hydrogens is 288 g/mol. The Morgan fingerprint density at radius 3 is 2.82 bits per heavy atom. The second-order valence-corrected chi connectivity index (χ2v) is 6.01. The summed E-state index contributed by atoms with van der Waals surface area (Å²) in [5, 5.41) is 0. The molecule has 5 atom stereocenters. The van der Waals surface area contributed by atoms with E-state index in [-0.39, 0.29) is 54.9 Å². The Hall–Kier alpha value is -1.85. The molecule has 2 rings (SSSR count). The molecule has 0 spiro atoms. The Balaban J connectivity index is 1.79. The van der Waals surface area contributed by atoms with E-state index in [9.17, 15) is 14.4 Å². The Morgan fingerprint density at radius 1 is 1.41 bits per heavy atom. The fourth-order valence-electron chi connectivity index (χ4n) is 3.15. The van der Waals surface area contributed by atoms with Gasteiger partial charge in [-0.1, -0.05) is 20.4 Å². The highest BCUT2D eigenvalue weighted by Crippen LogP contribution is 2.43. The van der Waals surface area contributed by atoms with Crippen LogP contribution in [0.5, 0.6) is 0 Å². The molecule has 2 fully saturated rings. The van der Waals surface area contributed by atoms with Crippen molar-refractivity contribution in [1.82, 2.24) is 0 Å². The molecule has 0 aromatic heterocycles. The van der Waals surface area contributed by atoms with Gasteiger partial charge >= 0.3 is 17.9 Å². The van der Waals surface area contributed by atoms with E-state index in [1.165, 1.54) is 0 Å². The minimum Gasteiger partial charge on any atom is -0.463 e. The van der Waals surface area contributed by atoms with E-state index in [0.29, 0.717) is 12.8 Å². The summed E-state index contributed by atoms with van der Waals surface area (Å²) in [5.74, 6) is -0.949. The Morgan fingerprint density at radius 2 is 2.14 bits per heavy atom. The lowest BCUT2D eigenvalue weighted by atomic mass is 9.74. The number of carbonyl (C=O) groups excluding carboxylic acids is 3. The average molecular weight is 310 g/mol. The van der Waals surface area contributed by atoms with Crippen LogP contribution in [0.2, 0.25) is 0 Å². The van der Waals surface area contributed by atoms with Crippen molar-refractivity contribution in [1.29, 1.82) is 0 Å². The van der Waals surface area contributed by atoms with Gasteiger partial charge in [0.1, 0.15) is 12.2 Å². The van der Waals surface area contributed by atoms with E-state index < -0.39 is 5.97 Å². The molecule has 6 nitrogen and oxygen atoms in total. The standard InChI is InChI=1S/C16H22O6/c1-4-12(17)20-7-5-6-13(18)21-14-9(2)8-11-10(3)15(14)22-16(11)19/h4,9-11,14-15H,1,5-8H2,2-3H3. The fourth-order valence-corrected chi connectivity index (χ4v) is 3.15. The summed E-state index contributed by atoms with van der Waals surface area (Å²) in [6.07, 6.45) is 1.58. The van der Waals surface area contributed by atoms with Gasteiger partial charge in [0.15, 0.2) is 0 Å². The number of ether oxygens (including phenoxy) is 3. The van der Waals surface area contributed by atoms with Crippen LogP contribution in [-0.4, -0.2) is 36.7 Å². The van der Waals surface area contributed by atoms with Crippen molar-refractivity contribution in [2.75, 3.05) is 6.61 Å². The summed E-state index contributed by atoms with van der Waals surface area (Å²) in [5.41, 5.74) is 0. The summed E-state index contributed by atoms with van der Waals surface area (Å²) in [7, 11) is 0. The lowest BCUT2D eigenvalue weighted by molar-refractivity contribution is -0.166. The Kier molecular flexibility index (Phi) is 5.21. The maximum Gasteiger partial charge on any atom is 0.330 e. The van der Waals surface area contributed by atoms with Crippen LogP contribution in [0.15, 0.2) is 12.7 Å². The maximum atomic E-state index is 11.9. The van der Waals surface area contributed by atoms with Crippen molar-refractivity contribution in [2.24, 2.45) is 17.8 Å². The Labute approximate surface area is 129 Å². The molecule has 6 heteroatoms. The van der Waals surface area contributed by atoms with Crippen LogP contribution >= 0.6 is 0 Å². The van der Waals surface area contributed by atoms with E-state index >= 15 is 0 Å². The van der Waals surface area contributed by atoms with Gasteiger partial charge in [-0.15, -0.1) is 0 Å². The van der Waals surface area contributed by atoms with Gasteiger partial charge < -0.3 is 14.2 Å². The predicted molar refractivity (Wildman–Crippen MR) is 76.6 cm³/mol. The molecule has 2 aliphatic rings. The average Bonchev–Trinajstić information content (AvgIpc) is 2.68. The van der Waals surface area contributed by atoms with Crippen molar-refractivity contribution < 1.29 is 28.6 Å². The molecule has 0 amide bonds. The highest BCUT2D eigenvalue weighted by atomic mass is 16.6. The second-order valence-electron chi connectivity index (χ2n) is 6.01. The van der Waals surface area contributed by atoms with Gasteiger partial charge in [-0.2, -0.15) is 0 Å². The summed E-state index contributed by atoms with van der Waals surface area (Å²) in [6, 6.07) is 0. The second kappa shape index (κ2) is 6.94. The van der Waals surface area contributed by atoms with Crippen molar-refractivity contribution >= 4 is 17.9 Å². The number of carbonyl (C=O) groups is 3. The van der Waals surface area contributed by atoms with E-state index in [1.807, 2.05) is 13.8 Å². The highest BCUT2D eigenvalue weighted by molar-refractivity contribution is 5.81. The van der Waals surface area contributed by atoms with E-state index in [2.05, 4.69) is 6.58 Å². The molecular formula is C16H22O6. The van der Waals surface area contributed by atoms with Crippen LogP contribution in [0.3, 0.4) is 0 Å². The number of hydrogen-bond donors (Lipinski definition) is 0. The molecule has 0 radical (unpaired) electrons. The van der Waals surface area contributed by atoms with Gasteiger partial charge in [0.2, 0.25) is 0 Å². The molecule has 1 saturated heterocycles. The van der Waals surface area contributed by atoms with Gasteiger partial charge in [0, 0.05) is 18.4 Å². The van der Waals surface area contributed by atoms with E-state index in [1.54, 1.807) is 0 Å². The van der Waals surface area contributed by atoms with Gasteiger partial charge in [-0.3, -0.25) is 9.59 Å². The van der Waals surface area contributed by atoms with Crippen LogP contribution in [0.25, 0.3) is 0 Å². The largest absolute Gasteiger partial charge is 0.463 e. The van der Waals surface area contributed by atoms with Gasteiger partial charge in [-0.25, -0.2) is 4.79 Å². The van der Waals surface area contributed by atoms with Crippen LogP contribution in [0.1, 0.15) is 33.1 Å². The summed E-state index contributed by atoms with van der Waals surface area (Å²) in [6.45, 7) is 7.37. The first-order valence-corrected chi connectivity index (χ1v) is 7.63. The van der Waals surface area contributed by atoms with Crippen molar-refractivity contribution in [3.05, 3.63) is 12.7 Å². The highest BCUT2D eigenvalue weighted by Gasteiger charge is 2.53. The lowest BCUT2D eigenvalue weighted by Crippen LogP contribution is -2.44. The third-order valence-corrected chi connectivity index (χ3v) is 4.42. The number of esters is 3. The Bertz CT molecular complexity index is 471. The van der Waals surface area contributed by atoms with E-state index in [4.69, 9.17) is 14.2 Å². The molecule has 1 heterocycles. The summed E-state index contributed by atoms with van der Waals surface area (Å²) >= 11 is 0. The number of rotatable bonds is 6. The molecule has 122 valence electrons. The molecule has 1 aliphatic carbocycles. The summed E-state index contributed by atoms with van der Waals surface area (Å²) < 4.78 is 15.7. The van der Waals surface area contributed by atoms with Crippen LogP contribution < -0.4 is 0 Å². The quantitative estimate of drug-likeness (QED) is 0.321. The first-order valence-electron chi connectivity index (χ1n) is 7.63. The maximum absolute atomic E-state index is 11.9. The zero-order valence-electron chi connectivity index (χ0n) is 12.9. The van der Waals surface area contributed by atoms with Crippen molar-refractivity contribution in [2.45, 2.75) is 45.3 Å². The molecule has 5 unspecified atom stereocenters. The molecule has 1 saturated carbocycles.